The molecule has 2 atom stereocenters. The maximum atomic E-state index is 12.7. The number of aliphatic hydroxyl groups excluding tert-OH is 1. The molecule has 80 valence electrons. The van der Waals surface area contributed by atoms with Crippen molar-refractivity contribution in [2.45, 2.75) is 44.3 Å². The lowest BCUT2D eigenvalue weighted by atomic mass is 10.1. The van der Waals surface area contributed by atoms with Crippen LogP contribution < -0.4 is 0 Å². The smallest absolute Gasteiger partial charge is 0.186 e. The van der Waals surface area contributed by atoms with Gasteiger partial charge in [0.05, 0.1) is 6.67 Å². The Kier molecular flexibility index (Phi) is 6.99. The summed E-state index contributed by atoms with van der Waals surface area (Å²) in [6.45, 7) is -0.460. The molecule has 2 nitrogen and oxygen atoms in total. The van der Waals surface area contributed by atoms with E-state index < -0.39 is 25.3 Å². The molecule has 0 aliphatic rings. The van der Waals surface area contributed by atoms with Gasteiger partial charge in [0.2, 0.25) is 0 Å². The normalized spacial score (nSPS) is 16.2. The van der Waals surface area contributed by atoms with E-state index in [1.807, 2.05) is 0 Å². The van der Waals surface area contributed by atoms with Crippen molar-refractivity contribution in [3.63, 3.8) is 0 Å². The SMILES string of the molecule is OC(O)C(F)C(F)CCCCCF. The van der Waals surface area contributed by atoms with E-state index in [-0.39, 0.29) is 6.42 Å². The van der Waals surface area contributed by atoms with E-state index in [4.69, 9.17) is 10.2 Å². The van der Waals surface area contributed by atoms with Crippen molar-refractivity contribution in [3.8, 4) is 0 Å². The highest BCUT2D eigenvalue weighted by Crippen LogP contribution is 2.14. The van der Waals surface area contributed by atoms with Gasteiger partial charge in [0, 0.05) is 0 Å². The van der Waals surface area contributed by atoms with Crippen molar-refractivity contribution in [1.82, 2.24) is 0 Å². The Labute approximate surface area is 75.4 Å². The maximum absolute atomic E-state index is 12.7. The van der Waals surface area contributed by atoms with E-state index in [0.29, 0.717) is 19.3 Å². The van der Waals surface area contributed by atoms with Gasteiger partial charge in [-0.3, -0.25) is 4.39 Å². The van der Waals surface area contributed by atoms with Gasteiger partial charge in [-0.25, -0.2) is 8.78 Å². The van der Waals surface area contributed by atoms with Crippen LogP contribution in [0.3, 0.4) is 0 Å². The van der Waals surface area contributed by atoms with E-state index in [0.717, 1.165) is 0 Å². The van der Waals surface area contributed by atoms with Gasteiger partial charge in [-0.1, -0.05) is 12.8 Å². The maximum Gasteiger partial charge on any atom is 0.186 e. The molecule has 0 aromatic heterocycles. The van der Waals surface area contributed by atoms with Crippen LogP contribution in [0.1, 0.15) is 25.7 Å². The third kappa shape index (κ3) is 5.87. The fraction of sp³-hybridized carbons (Fsp3) is 1.00. The molecule has 0 amide bonds. The second kappa shape index (κ2) is 7.15. The van der Waals surface area contributed by atoms with Gasteiger partial charge >= 0.3 is 0 Å². The molecule has 0 aromatic carbocycles. The van der Waals surface area contributed by atoms with Crippen LogP contribution in [0, 0.1) is 0 Å². The third-order valence-electron chi connectivity index (χ3n) is 1.74. The second-order valence-electron chi connectivity index (χ2n) is 2.91. The van der Waals surface area contributed by atoms with Crippen LogP contribution >= 0.6 is 0 Å². The van der Waals surface area contributed by atoms with Crippen molar-refractivity contribution < 1.29 is 23.4 Å². The van der Waals surface area contributed by atoms with Crippen LogP contribution in [-0.4, -0.2) is 35.5 Å². The van der Waals surface area contributed by atoms with Crippen molar-refractivity contribution in [3.05, 3.63) is 0 Å². The Morgan fingerprint density at radius 2 is 1.62 bits per heavy atom. The molecular weight excluding hydrogens is 185 g/mol. The van der Waals surface area contributed by atoms with Crippen molar-refractivity contribution in [1.29, 1.82) is 0 Å². The fourth-order valence-electron chi connectivity index (χ4n) is 0.957. The van der Waals surface area contributed by atoms with E-state index in [9.17, 15) is 13.2 Å². The minimum Gasteiger partial charge on any atom is -0.366 e. The summed E-state index contributed by atoms with van der Waals surface area (Å²) in [6, 6.07) is 0. The monoisotopic (exact) mass is 200 g/mol. The molecule has 0 rings (SSSR count). The molecule has 0 radical (unpaired) electrons. The van der Waals surface area contributed by atoms with Crippen molar-refractivity contribution in [2.75, 3.05) is 6.67 Å². The summed E-state index contributed by atoms with van der Waals surface area (Å²) >= 11 is 0. The Bertz CT molecular complexity index is 122. The predicted molar refractivity (Wildman–Crippen MR) is 42.5 cm³/mol. The fourth-order valence-corrected chi connectivity index (χ4v) is 0.957. The van der Waals surface area contributed by atoms with E-state index in [2.05, 4.69) is 0 Å². The number of hydrogen-bond donors (Lipinski definition) is 2. The van der Waals surface area contributed by atoms with Gasteiger partial charge < -0.3 is 10.2 Å². The average molecular weight is 200 g/mol. The first kappa shape index (κ1) is 12.7. The molecule has 2 N–H and O–H groups in total. The highest BCUT2D eigenvalue weighted by atomic mass is 19.2. The van der Waals surface area contributed by atoms with Gasteiger partial charge in [-0.05, 0) is 12.8 Å². The molecule has 2 unspecified atom stereocenters. The van der Waals surface area contributed by atoms with Crippen LogP contribution in [0.2, 0.25) is 0 Å². The first-order valence-electron chi connectivity index (χ1n) is 4.30. The zero-order valence-corrected chi connectivity index (χ0v) is 7.30. The summed E-state index contributed by atoms with van der Waals surface area (Å²) in [5.74, 6) is 0. The Morgan fingerprint density at radius 3 is 2.08 bits per heavy atom. The summed E-state index contributed by atoms with van der Waals surface area (Å²) in [4.78, 5) is 0. The molecule has 0 aliphatic heterocycles. The number of aliphatic hydroxyl groups is 2. The predicted octanol–water partition coefficient (Wildman–Crippen LogP) is 1.50. The molecule has 0 saturated heterocycles. The Morgan fingerprint density at radius 1 is 1.00 bits per heavy atom. The van der Waals surface area contributed by atoms with Crippen LogP contribution in [0.4, 0.5) is 13.2 Å². The lowest BCUT2D eigenvalue weighted by molar-refractivity contribution is -0.115. The van der Waals surface area contributed by atoms with Gasteiger partial charge in [-0.15, -0.1) is 0 Å². The van der Waals surface area contributed by atoms with E-state index >= 15 is 0 Å². The minimum absolute atomic E-state index is 0.0984. The summed E-state index contributed by atoms with van der Waals surface area (Å²) in [5, 5.41) is 16.5. The Hall–Kier alpha value is -0.290. The van der Waals surface area contributed by atoms with Crippen LogP contribution in [0.5, 0.6) is 0 Å². The molecule has 0 aliphatic carbocycles. The largest absolute Gasteiger partial charge is 0.366 e. The molecule has 13 heavy (non-hydrogen) atoms. The van der Waals surface area contributed by atoms with Gasteiger partial charge in [0.25, 0.3) is 0 Å². The van der Waals surface area contributed by atoms with E-state index in [1.54, 1.807) is 0 Å². The van der Waals surface area contributed by atoms with Crippen LogP contribution in [0.25, 0.3) is 0 Å². The Balaban J connectivity index is 3.44. The molecular formula is C8H15F3O2. The summed E-state index contributed by atoms with van der Waals surface area (Å²) in [6.07, 6.45) is -5.31. The lowest BCUT2D eigenvalue weighted by Gasteiger charge is -2.14. The highest BCUT2D eigenvalue weighted by Gasteiger charge is 2.25. The zero-order chi connectivity index (χ0) is 10.3. The summed E-state index contributed by atoms with van der Waals surface area (Å²) in [7, 11) is 0. The molecule has 0 spiro atoms. The summed E-state index contributed by atoms with van der Waals surface area (Å²) < 4.78 is 36.7. The summed E-state index contributed by atoms with van der Waals surface area (Å²) in [5.41, 5.74) is 0. The number of rotatable bonds is 7. The molecule has 0 heterocycles. The van der Waals surface area contributed by atoms with Crippen molar-refractivity contribution >= 4 is 0 Å². The molecule has 0 saturated carbocycles. The topological polar surface area (TPSA) is 40.5 Å². The van der Waals surface area contributed by atoms with Gasteiger partial charge in [0.15, 0.2) is 12.5 Å². The second-order valence-corrected chi connectivity index (χ2v) is 2.91. The first-order chi connectivity index (χ1) is 6.09. The number of alkyl halides is 3. The average Bonchev–Trinajstić information content (AvgIpc) is 2.10. The molecule has 0 fully saturated rings. The number of halogens is 3. The molecule has 5 heteroatoms. The van der Waals surface area contributed by atoms with Crippen LogP contribution in [-0.2, 0) is 0 Å². The van der Waals surface area contributed by atoms with Crippen LogP contribution in [0.15, 0.2) is 0 Å². The third-order valence-corrected chi connectivity index (χ3v) is 1.74. The number of hydrogen-bond acceptors (Lipinski definition) is 2. The van der Waals surface area contributed by atoms with Crippen molar-refractivity contribution in [2.24, 2.45) is 0 Å². The molecule has 0 aromatic rings. The van der Waals surface area contributed by atoms with Gasteiger partial charge in [0.1, 0.15) is 6.17 Å². The van der Waals surface area contributed by atoms with Gasteiger partial charge in [-0.2, -0.15) is 0 Å². The van der Waals surface area contributed by atoms with E-state index in [1.165, 1.54) is 0 Å². The highest BCUT2D eigenvalue weighted by molar-refractivity contribution is 4.69. The quantitative estimate of drug-likeness (QED) is 0.483. The zero-order valence-electron chi connectivity index (χ0n) is 7.30. The number of unbranched alkanes of at least 4 members (excludes halogenated alkanes) is 2. The lowest BCUT2D eigenvalue weighted by Crippen LogP contribution is -2.30. The molecule has 0 bridgehead atoms. The standard InChI is InChI=1S/C8H15F3O2/c9-5-3-1-2-4-6(10)7(11)8(12)13/h6-8,12-13H,1-5H2. The minimum atomic E-state index is -2.27. The first-order valence-corrected chi connectivity index (χ1v) is 4.30.